The van der Waals surface area contributed by atoms with Crippen LogP contribution in [0.2, 0.25) is 0 Å². The van der Waals surface area contributed by atoms with Crippen LogP contribution in [0.5, 0.6) is 23.0 Å². The zero-order chi connectivity index (χ0) is 24.8. The van der Waals surface area contributed by atoms with Gasteiger partial charge in [0.2, 0.25) is 5.91 Å². The second-order valence-corrected chi connectivity index (χ2v) is 9.05. The van der Waals surface area contributed by atoms with Crippen LogP contribution in [-0.4, -0.2) is 57.2 Å². The van der Waals surface area contributed by atoms with E-state index in [-0.39, 0.29) is 23.8 Å². The molecule has 2 aromatic rings. The number of carbonyl (C=O) groups excluding carboxylic acids is 2. The van der Waals surface area contributed by atoms with E-state index < -0.39 is 0 Å². The van der Waals surface area contributed by atoms with Crippen molar-refractivity contribution in [2.45, 2.75) is 44.6 Å². The van der Waals surface area contributed by atoms with E-state index >= 15 is 0 Å². The standard InChI is InChI=1S/C27H34N2O6/c1-32-22-14-19(15-23(17-22)33-2)27(31)29-12-10-18(11-13-29)26(30)28-20-8-9-24(34-3)25(16-20)35-21-6-4-5-7-21/h8-9,14-18,21H,4-7,10-13H2,1-3H3,(H,28,30). The summed E-state index contributed by atoms with van der Waals surface area (Å²) in [6.07, 6.45) is 5.83. The number of piperidine rings is 1. The highest BCUT2D eigenvalue weighted by Gasteiger charge is 2.28. The van der Waals surface area contributed by atoms with Gasteiger partial charge in [-0.3, -0.25) is 9.59 Å². The van der Waals surface area contributed by atoms with Crippen molar-refractivity contribution in [3.8, 4) is 23.0 Å². The maximum absolute atomic E-state index is 13.0. The maximum Gasteiger partial charge on any atom is 0.254 e. The summed E-state index contributed by atoms with van der Waals surface area (Å²) in [7, 11) is 4.73. The molecular formula is C27H34N2O6. The summed E-state index contributed by atoms with van der Waals surface area (Å²) in [5.74, 6) is 2.15. The smallest absolute Gasteiger partial charge is 0.254 e. The van der Waals surface area contributed by atoms with Crippen LogP contribution in [0, 0.1) is 5.92 Å². The molecule has 1 heterocycles. The molecule has 2 fully saturated rings. The van der Waals surface area contributed by atoms with Gasteiger partial charge in [0.25, 0.3) is 5.91 Å². The van der Waals surface area contributed by atoms with Gasteiger partial charge in [-0.1, -0.05) is 0 Å². The molecule has 1 N–H and O–H groups in total. The number of nitrogens with zero attached hydrogens (tertiary/aromatic N) is 1. The van der Waals surface area contributed by atoms with E-state index in [1.165, 1.54) is 12.8 Å². The molecule has 1 saturated heterocycles. The van der Waals surface area contributed by atoms with E-state index in [2.05, 4.69) is 5.32 Å². The van der Waals surface area contributed by atoms with Crippen molar-refractivity contribution in [3.05, 3.63) is 42.0 Å². The first kappa shape index (κ1) is 24.7. The van der Waals surface area contributed by atoms with E-state index in [4.69, 9.17) is 18.9 Å². The van der Waals surface area contributed by atoms with Crippen LogP contribution in [0.4, 0.5) is 5.69 Å². The summed E-state index contributed by atoms with van der Waals surface area (Å²) >= 11 is 0. The van der Waals surface area contributed by atoms with Crippen molar-refractivity contribution in [2.24, 2.45) is 5.92 Å². The van der Waals surface area contributed by atoms with Crippen molar-refractivity contribution in [2.75, 3.05) is 39.7 Å². The largest absolute Gasteiger partial charge is 0.497 e. The van der Waals surface area contributed by atoms with Gasteiger partial charge < -0.3 is 29.2 Å². The predicted molar refractivity (Wildman–Crippen MR) is 133 cm³/mol. The molecule has 1 aliphatic carbocycles. The minimum Gasteiger partial charge on any atom is -0.497 e. The SMILES string of the molecule is COc1cc(OC)cc(C(=O)N2CCC(C(=O)Nc3ccc(OC)c(OC4CCCC4)c3)CC2)c1. The number of nitrogens with one attached hydrogen (secondary N) is 1. The third kappa shape index (κ3) is 5.99. The number of ether oxygens (including phenoxy) is 4. The fraction of sp³-hybridized carbons (Fsp3) is 0.481. The lowest BCUT2D eigenvalue weighted by atomic mass is 9.95. The number of carbonyl (C=O) groups is 2. The minimum absolute atomic E-state index is 0.0443. The van der Waals surface area contributed by atoms with Gasteiger partial charge in [0.1, 0.15) is 11.5 Å². The molecule has 188 valence electrons. The minimum atomic E-state index is -0.166. The number of hydrogen-bond acceptors (Lipinski definition) is 6. The number of methoxy groups -OCH3 is 3. The summed E-state index contributed by atoms with van der Waals surface area (Å²) in [5.41, 5.74) is 1.20. The van der Waals surface area contributed by atoms with Crippen molar-refractivity contribution in [1.82, 2.24) is 4.90 Å². The Kier molecular flexibility index (Phi) is 8.00. The lowest BCUT2D eigenvalue weighted by Crippen LogP contribution is -2.41. The van der Waals surface area contributed by atoms with Gasteiger partial charge in [0, 0.05) is 42.4 Å². The fourth-order valence-electron chi connectivity index (χ4n) is 4.73. The Bertz CT molecular complexity index is 1020. The highest BCUT2D eigenvalue weighted by Crippen LogP contribution is 2.34. The van der Waals surface area contributed by atoms with Crippen LogP contribution in [0.3, 0.4) is 0 Å². The zero-order valence-corrected chi connectivity index (χ0v) is 20.7. The Labute approximate surface area is 206 Å². The molecule has 0 bridgehead atoms. The van der Waals surface area contributed by atoms with Crippen LogP contribution in [0.25, 0.3) is 0 Å². The summed E-state index contributed by atoms with van der Waals surface area (Å²) < 4.78 is 22.1. The first-order valence-corrected chi connectivity index (χ1v) is 12.2. The molecule has 2 aliphatic rings. The van der Waals surface area contributed by atoms with Crippen LogP contribution >= 0.6 is 0 Å². The topological polar surface area (TPSA) is 86.3 Å². The fourth-order valence-corrected chi connectivity index (χ4v) is 4.73. The second kappa shape index (κ2) is 11.3. The Morgan fingerprint density at radius 1 is 0.829 bits per heavy atom. The third-order valence-corrected chi connectivity index (χ3v) is 6.78. The van der Waals surface area contributed by atoms with E-state index in [1.807, 2.05) is 18.2 Å². The number of likely N-dealkylation sites (tertiary alicyclic amines) is 1. The normalized spacial score (nSPS) is 16.6. The Hall–Kier alpha value is -3.42. The first-order valence-electron chi connectivity index (χ1n) is 12.2. The predicted octanol–water partition coefficient (Wildman–Crippen LogP) is 4.52. The lowest BCUT2D eigenvalue weighted by Gasteiger charge is -2.31. The Morgan fingerprint density at radius 3 is 2.09 bits per heavy atom. The molecule has 0 aromatic heterocycles. The molecule has 0 radical (unpaired) electrons. The van der Waals surface area contributed by atoms with Crippen LogP contribution in [0.15, 0.2) is 36.4 Å². The molecular weight excluding hydrogens is 448 g/mol. The number of amides is 2. The summed E-state index contributed by atoms with van der Waals surface area (Å²) in [6, 6.07) is 10.6. The van der Waals surface area contributed by atoms with Crippen LogP contribution < -0.4 is 24.3 Å². The van der Waals surface area contributed by atoms with Gasteiger partial charge in [-0.2, -0.15) is 0 Å². The van der Waals surface area contributed by atoms with E-state index in [0.717, 1.165) is 12.8 Å². The summed E-state index contributed by atoms with van der Waals surface area (Å²) in [6.45, 7) is 1.02. The summed E-state index contributed by atoms with van der Waals surface area (Å²) in [5, 5.41) is 3.02. The van der Waals surface area contributed by atoms with Crippen molar-refractivity contribution < 1.29 is 28.5 Å². The Balaban J connectivity index is 1.35. The summed E-state index contributed by atoms with van der Waals surface area (Å²) in [4.78, 5) is 27.8. The average Bonchev–Trinajstić information content (AvgIpc) is 3.41. The van der Waals surface area contributed by atoms with Gasteiger partial charge in [0.05, 0.1) is 27.4 Å². The number of hydrogen-bond donors (Lipinski definition) is 1. The van der Waals surface area contributed by atoms with E-state index in [0.29, 0.717) is 60.2 Å². The lowest BCUT2D eigenvalue weighted by molar-refractivity contribution is -0.121. The molecule has 35 heavy (non-hydrogen) atoms. The van der Waals surface area contributed by atoms with Gasteiger partial charge in [-0.05, 0) is 62.8 Å². The first-order chi connectivity index (χ1) is 17.0. The van der Waals surface area contributed by atoms with Crippen molar-refractivity contribution >= 4 is 17.5 Å². The molecule has 1 saturated carbocycles. The Morgan fingerprint density at radius 2 is 1.49 bits per heavy atom. The highest BCUT2D eigenvalue weighted by molar-refractivity contribution is 5.96. The maximum atomic E-state index is 13.0. The molecule has 0 spiro atoms. The van der Waals surface area contributed by atoms with Gasteiger partial charge in [0.15, 0.2) is 11.5 Å². The molecule has 4 rings (SSSR count). The highest BCUT2D eigenvalue weighted by atomic mass is 16.5. The van der Waals surface area contributed by atoms with Gasteiger partial charge in [-0.15, -0.1) is 0 Å². The molecule has 8 heteroatoms. The molecule has 0 atom stereocenters. The van der Waals surface area contributed by atoms with E-state index in [9.17, 15) is 9.59 Å². The second-order valence-electron chi connectivity index (χ2n) is 9.05. The molecule has 1 aliphatic heterocycles. The van der Waals surface area contributed by atoms with Crippen molar-refractivity contribution in [3.63, 3.8) is 0 Å². The monoisotopic (exact) mass is 482 g/mol. The van der Waals surface area contributed by atoms with Crippen LogP contribution in [-0.2, 0) is 4.79 Å². The molecule has 0 unspecified atom stereocenters. The van der Waals surface area contributed by atoms with Crippen molar-refractivity contribution in [1.29, 1.82) is 0 Å². The average molecular weight is 483 g/mol. The van der Waals surface area contributed by atoms with Gasteiger partial charge >= 0.3 is 0 Å². The van der Waals surface area contributed by atoms with Gasteiger partial charge in [-0.25, -0.2) is 0 Å². The number of anilines is 1. The van der Waals surface area contributed by atoms with Crippen LogP contribution in [0.1, 0.15) is 48.9 Å². The number of benzene rings is 2. The number of rotatable bonds is 8. The third-order valence-electron chi connectivity index (χ3n) is 6.78. The molecule has 8 nitrogen and oxygen atoms in total. The quantitative estimate of drug-likeness (QED) is 0.595. The zero-order valence-electron chi connectivity index (χ0n) is 20.7. The molecule has 2 aromatic carbocycles. The van der Waals surface area contributed by atoms with E-state index in [1.54, 1.807) is 44.4 Å². The molecule has 2 amide bonds.